The summed E-state index contributed by atoms with van der Waals surface area (Å²) in [5.41, 5.74) is 3.68. The molecule has 1 aromatic rings. The van der Waals surface area contributed by atoms with Crippen LogP contribution in [0.15, 0.2) is 41.5 Å². The number of rotatable bonds is 12. The van der Waals surface area contributed by atoms with E-state index in [1.165, 1.54) is 38.5 Å². The number of hydrogen-bond acceptors (Lipinski definition) is 2. The number of hydrogen-bond donors (Lipinski definition) is 1. The van der Waals surface area contributed by atoms with Gasteiger partial charge < -0.3 is 0 Å². The Hall–Kier alpha value is -1.90. The van der Waals surface area contributed by atoms with Crippen molar-refractivity contribution in [3.05, 3.63) is 42.0 Å². The number of unbranched alkanes of at least 4 members (excludes halogenated alkanes) is 7. The number of allylic oxidation sites excluding steroid dienone is 1. The predicted octanol–water partition coefficient (Wildman–Crippen LogP) is 5.33. The van der Waals surface area contributed by atoms with E-state index in [9.17, 15) is 4.79 Å². The molecule has 0 radical (unpaired) electrons. The molecule has 1 rings (SSSR count). The summed E-state index contributed by atoms with van der Waals surface area (Å²) in [6.07, 6.45) is 15.9. The lowest BCUT2D eigenvalue weighted by atomic mass is 10.1. The summed E-state index contributed by atoms with van der Waals surface area (Å²) in [6.45, 7) is 2.23. The molecule has 126 valence electrons. The van der Waals surface area contributed by atoms with E-state index in [2.05, 4.69) is 17.5 Å². The van der Waals surface area contributed by atoms with Crippen LogP contribution in [0.5, 0.6) is 0 Å². The Labute approximate surface area is 140 Å². The minimum Gasteiger partial charge on any atom is -0.273 e. The first-order chi connectivity index (χ1) is 11.3. The molecule has 1 N–H and O–H groups in total. The molecule has 0 heterocycles. The molecule has 1 aromatic carbocycles. The molecule has 0 saturated carbocycles. The predicted molar refractivity (Wildman–Crippen MR) is 99.3 cm³/mol. The SMILES string of the molecule is CCCCCCCCCCC(=O)N/N=C/C=C/c1ccccc1. The van der Waals surface area contributed by atoms with Gasteiger partial charge in [0.25, 0.3) is 0 Å². The van der Waals surface area contributed by atoms with Gasteiger partial charge in [0.2, 0.25) is 5.91 Å². The van der Waals surface area contributed by atoms with E-state index in [0.29, 0.717) is 6.42 Å². The van der Waals surface area contributed by atoms with E-state index in [1.54, 1.807) is 6.21 Å². The zero-order valence-corrected chi connectivity index (χ0v) is 14.3. The Morgan fingerprint density at radius 3 is 2.35 bits per heavy atom. The smallest absolute Gasteiger partial charge is 0.240 e. The summed E-state index contributed by atoms with van der Waals surface area (Å²) in [5, 5.41) is 3.92. The maximum absolute atomic E-state index is 11.6. The van der Waals surface area contributed by atoms with Gasteiger partial charge in [-0.1, -0.05) is 88.3 Å². The van der Waals surface area contributed by atoms with Crippen molar-refractivity contribution in [3.8, 4) is 0 Å². The molecule has 23 heavy (non-hydrogen) atoms. The molecule has 0 spiro atoms. The number of nitrogens with zero attached hydrogens (tertiary/aromatic N) is 1. The van der Waals surface area contributed by atoms with Crippen LogP contribution in [0.4, 0.5) is 0 Å². The second-order valence-electron chi connectivity index (χ2n) is 5.81. The zero-order chi connectivity index (χ0) is 16.6. The van der Waals surface area contributed by atoms with Crippen molar-refractivity contribution in [3.63, 3.8) is 0 Å². The second-order valence-corrected chi connectivity index (χ2v) is 5.81. The molecular formula is C20H30N2O. The molecular weight excluding hydrogens is 284 g/mol. The van der Waals surface area contributed by atoms with E-state index < -0.39 is 0 Å². The van der Waals surface area contributed by atoms with Gasteiger partial charge >= 0.3 is 0 Å². The fourth-order valence-corrected chi connectivity index (χ4v) is 2.35. The fourth-order valence-electron chi connectivity index (χ4n) is 2.35. The van der Waals surface area contributed by atoms with Crippen LogP contribution >= 0.6 is 0 Å². The quantitative estimate of drug-likeness (QED) is 0.316. The Balaban J connectivity index is 1.99. The average Bonchev–Trinajstić information content (AvgIpc) is 2.58. The van der Waals surface area contributed by atoms with Gasteiger partial charge in [0.1, 0.15) is 0 Å². The van der Waals surface area contributed by atoms with Crippen molar-refractivity contribution in [2.75, 3.05) is 0 Å². The molecule has 1 amide bonds. The normalized spacial score (nSPS) is 11.3. The molecule has 0 fully saturated rings. The summed E-state index contributed by atoms with van der Waals surface area (Å²) in [7, 11) is 0. The van der Waals surface area contributed by atoms with Crippen molar-refractivity contribution < 1.29 is 4.79 Å². The number of hydrazone groups is 1. The van der Waals surface area contributed by atoms with Crippen LogP contribution in [-0.2, 0) is 4.79 Å². The Kier molecular flexibility index (Phi) is 11.4. The number of benzene rings is 1. The molecule has 3 heteroatoms. The number of carbonyl (C=O) groups excluding carboxylic acids is 1. The summed E-state index contributed by atoms with van der Waals surface area (Å²) >= 11 is 0. The van der Waals surface area contributed by atoms with E-state index in [-0.39, 0.29) is 5.91 Å². The van der Waals surface area contributed by atoms with E-state index in [1.807, 2.05) is 42.5 Å². The third kappa shape index (κ3) is 11.3. The zero-order valence-electron chi connectivity index (χ0n) is 14.3. The highest BCUT2D eigenvalue weighted by Gasteiger charge is 1.98. The van der Waals surface area contributed by atoms with Crippen molar-refractivity contribution in [2.24, 2.45) is 5.10 Å². The highest BCUT2D eigenvalue weighted by molar-refractivity contribution is 5.81. The van der Waals surface area contributed by atoms with Gasteiger partial charge in [-0.15, -0.1) is 0 Å². The third-order valence-corrected chi connectivity index (χ3v) is 3.70. The molecule has 0 atom stereocenters. The van der Waals surface area contributed by atoms with Gasteiger partial charge in [-0.25, -0.2) is 5.43 Å². The first kappa shape index (κ1) is 19.1. The Bertz CT molecular complexity index is 466. The summed E-state index contributed by atoms with van der Waals surface area (Å²) in [6, 6.07) is 10.00. The van der Waals surface area contributed by atoms with E-state index in [4.69, 9.17) is 0 Å². The second kappa shape index (κ2) is 13.7. The van der Waals surface area contributed by atoms with Crippen molar-refractivity contribution in [2.45, 2.75) is 64.7 Å². The van der Waals surface area contributed by atoms with Gasteiger partial charge in [0.05, 0.1) is 0 Å². The molecule has 0 unspecified atom stereocenters. The highest BCUT2D eigenvalue weighted by atomic mass is 16.2. The number of amides is 1. The van der Waals surface area contributed by atoms with Crippen LogP contribution in [0.1, 0.15) is 70.3 Å². The van der Waals surface area contributed by atoms with Crippen molar-refractivity contribution >= 4 is 18.2 Å². The lowest BCUT2D eigenvalue weighted by Gasteiger charge is -2.01. The number of nitrogens with one attached hydrogen (secondary N) is 1. The lowest BCUT2D eigenvalue weighted by molar-refractivity contribution is -0.121. The lowest BCUT2D eigenvalue weighted by Crippen LogP contribution is -2.16. The van der Waals surface area contributed by atoms with Gasteiger partial charge in [-0.05, 0) is 18.1 Å². The van der Waals surface area contributed by atoms with Crippen LogP contribution in [0.2, 0.25) is 0 Å². The molecule has 0 bridgehead atoms. The van der Waals surface area contributed by atoms with Gasteiger partial charge in [0.15, 0.2) is 0 Å². The molecule has 0 aliphatic rings. The summed E-state index contributed by atoms with van der Waals surface area (Å²) < 4.78 is 0. The Morgan fingerprint density at radius 2 is 1.65 bits per heavy atom. The van der Waals surface area contributed by atoms with E-state index >= 15 is 0 Å². The van der Waals surface area contributed by atoms with Gasteiger partial charge in [0, 0.05) is 12.6 Å². The molecule has 0 aliphatic carbocycles. The monoisotopic (exact) mass is 314 g/mol. The third-order valence-electron chi connectivity index (χ3n) is 3.70. The van der Waals surface area contributed by atoms with Gasteiger partial charge in [-0.2, -0.15) is 5.10 Å². The van der Waals surface area contributed by atoms with E-state index in [0.717, 1.165) is 18.4 Å². The summed E-state index contributed by atoms with van der Waals surface area (Å²) in [4.78, 5) is 11.6. The first-order valence-electron chi connectivity index (χ1n) is 8.86. The summed E-state index contributed by atoms with van der Waals surface area (Å²) in [5.74, 6) is 0.000319. The first-order valence-corrected chi connectivity index (χ1v) is 8.86. The minimum atomic E-state index is 0.000319. The largest absolute Gasteiger partial charge is 0.273 e. The van der Waals surface area contributed by atoms with Crippen LogP contribution in [-0.4, -0.2) is 12.1 Å². The van der Waals surface area contributed by atoms with Gasteiger partial charge in [-0.3, -0.25) is 4.79 Å². The van der Waals surface area contributed by atoms with Crippen molar-refractivity contribution in [1.82, 2.24) is 5.43 Å². The maximum Gasteiger partial charge on any atom is 0.240 e. The van der Waals surface area contributed by atoms with Crippen LogP contribution in [0, 0.1) is 0 Å². The maximum atomic E-state index is 11.6. The molecule has 0 aliphatic heterocycles. The molecule has 0 aromatic heterocycles. The fraction of sp³-hybridized carbons (Fsp3) is 0.500. The molecule has 3 nitrogen and oxygen atoms in total. The highest BCUT2D eigenvalue weighted by Crippen LogP contribution is 2.09. The minimum absolute atomic E-state index is 0.000319. The average molecular weight is 314 g/mol. The number of carbonyl (C=O) groups is 1. The topological polar surface area (TPSA) is 41.5 Å². The van der Waals surface area contributed by atoms with Crippen LogP contribution < -0.4 is 5.43 Å². The Morgan fingerprint density at radius 1 is 1.00 bits per heavy atom. The standard InChI is InChI=1S/C20H30N2O/c1-2-3-4-5-6-7-8-12-17-20(23)22-21-18-13-16-19-14-10-9-11-15-19/h9-11,13-16,18H,2-8,12,17H2,1H3,(H,22,23)/b16-13+,21-18+. The molecule has 0 saturated heterocycles. The van der Waals surface area contributed by atoms with Crippen LogP contribution in [0.25, 0.3) is 6.08 Å². The van der Waals surface area contributed by atoms with Crippen molar-refractivity contribution in [1.29, 1.82) is 0 Å². The van der Waals surface area contributed by atoms with Crippen LogP contribution in [0.3, 0.4) is 0 Å².